The molecule has 1 aliphatic heterocycles. The van der Waals surface area contributed by atoms with E-state index in [1.807, 2.05) is 12.1 Å². The van der Waals surface area contributed by atoms with Crippen molar-refractivity contribution in [3.8, 4) is 0 Å². The van der Waals surface area contributed by atoms with E-state index in [0.717, 1.165) is 43.9 Å². The van der Waals surface area contributed by atoms with Gasteiger partial charge in [-0.3, -0.25) is 0 Å². The predicted octanol–water partition coefficient (Wildman–Crippen LogP) is 2.52. The SMILES string of the molecule is COCCCN1CC(CNC2CC2)c2c(F)cccc21. The van der Waals surface area contributed by atoms with Gasteiger partial charge in [-0.2, -0.15) is 0 Å². The van der Waals surface area contributed by atoms with Crippen LogP contribution in [-0.4, -0.2) is 39.4 Å². The van der Waals surface area contributed by atoms with Crippen LogP contribution in [0.1, 0.15) is 30.7 Å². The summed E-state index contributed by atoms with van der Waals surface area (Å²) in [6, 6.07) is 6.12. The highest BCUT2D eigenvalue weighted by Crippen LogP contribution is 2.38. The summed E-state index contributed by atoms with van der Waals surface area (Å²) in [7, 11) is 1.72. The van der Waals surface area contributed by atoms with Crippen LogP contribution in [0.2, 0.25) is 0 Å². The van der Waals surface area contributed by atoms with Crippen LogP contribution in [-0.2, 0) is 4.74 Å². The third-order valence-corrected chi connectivity index (χ3v) is 4.23. The summed E-state index contributed by atoms with van der Waals surface area (Å²) in [5, 5.41) is 3.54. The molecule has 1 saturated carbocycles. The Hall–Kier alpha value is -1.13. The molecule has 0 amide bonds. The molecule has 1 heterocycles. The van der Waals surface area contributed by atoms with E-state index in [0.29, 0.717) is 6.04 Å². The lowest BCUT2D eigenvalue weighted by atomic mass is 10.0. The first-order chi connectivity index (χ1) is 9.79. The van der Waals surface area contributed by atoms with Gasteiger partial charge in [-0.15, -0.1) is 0 Å². The first-order valence-electron chi connectivity index (χ1n) is 7.55. The number of methoxy groups -OCH3 is 1. The molecule has 1 atom stereocenters. The fourth-order valence-electron chi connectivity index (χ4n) is 3.04. The maximum absolute atomic E-state index is 14.2. The molecule has 0 aromatic heterocycles. The first-order valence-corrected chi connectivity index (χ1v) is 7.55. The van der Waals surface area contributed by atoms with Crippen LogP contribution in [0.4, 0.5) is 10.1 Å². The van der Waals surface area contributed by atoms with E-state index in [1.165, 1.54) is 12.8 Å². The minimum absolute atomic E-state index is 0.0562. The highest BCUT2D eigenvalue weighted by molar-refractivity contribution is 5.60. The second-order valence-electron chi connectivity index (χ2n) is 5.84. The fraction of sp³-hybridized carbons (Fsp3) is 0.625. The molecule has 0 saturated heterocycles. The minimum Gasteiger partial charge on any atom is -0.385 e. The number of anilines is 1. The highest BCUT2D eigenvalue weighted by atomic mass is 19.1. The lowest BCUT2D eigenvalue weighted by Gasteiger charge is -2.19. The van der Waals surface area contributed by atoms with Gasteiger partial charge in [0.05, 0.1) is 0 Å². The lowest BCUT2D eigenvalue weighted by Crippen LogP contribution is -2.29. The summed E-state index contributed by atoms with van der Waals surface area (Å²) in [5.74, 6) is 0.216. The lowest BCUT2D eigenvalue weighted by molar-refractivity contribution is 0.196. The Balaban J connectivity index is 1.70. The third kappa shape index (κ3) is 2.96. The number of halogens is 1. The van der Waals surface area contributed by atoms with Crippen LogP contribution in [0.15, 0.2) is 18.2 Å². The average Bonchev–Trinajstić information content (AvgIpc) is 3.20. The van der Waals surface area contributed by atoms with Crippen molar-refractivity contribution in [1.82, 2.24) is 5.32 Å². The van der Waals surface area contributed by atoms with Gasteiger partial charge in [0.1, 0.15) is 5.82 Å². The Morgan fingerprint density at radius 1 is 1.40 bits per heavy atom. The van der Waals surface area contributed by atoms with E-state index in [4.69, 9.17) is 4.74 Å². The van der Waals surface area contributed by atoms with Gasteiger partial charge in [-0.05, 0) is 31.4 Å². The Kier molecular flexibility index (Phi) is 4.22. The zero-order valence-corrected chi connectivity index (χ0v) is 12.1. The molecule has 20 heavy (non-hydrogen) atoms. The van der Waals surface area contributed by atoms with Gasteiger partial charge >= 0.3 is 0 Å². The Morgan fingerprint density at radius 2 is 2.25 bits per heavy atom. The minimum atomic E-state index is -0.0562. The number of nitrogens with zero attached hydrogens (tertiary/aromatic N) is 1. The number of hydrogen-bond donors (Lipinski definition) is 1. The summed E-state index contributed by atoms with van der Waals surface area (Å²) < 4.78 is 19.3. The molecule has 0 spiro atoms. The molecule has 3 nitrogen and oxygen atoms in total. The van der Waals surface area contributed by atoms with Crippen LogP contribution in [0.3, 0.4) is 0 Å². The van der Waals surface area contributed by atoms with E-state index in [2.05, 4.69) is 10.2 Å². The maximum Gasteiger partial charge on any atom is 0.128 e. The topological polar surface area (TPSA) is 24.5 Å². The number of rotatable bonds is 7. The van der Waals surface area contributed by atoms with Crippen LogP contribution < -0.4 is 10.2 Å². The predicted molar refractivity (Wildman–Crippen MR) is 78.9 cm³/mol. The van der Waals surface area contributed by atoms with Gasteiger partial charge in [0.15, 0.2) is 0 Å². The molecule has 1 fully saturated rings. The smallest absolute Gasteiger partial charge is 0.128 e. The van der Waals surface area contributed by atoms with E-state index in [1.54, 1.807) is 13.2 Å². The molecule has 0 radical (unpaired) electrons. The molecule has 110 valence electrons. The van der Waals surface area contributed by atoms with Gasteiger partial charge in [-0.25, -0.2) is 4.39 Å². The molecule has 2 aliphatic rings. The Morgan fingerprint density at radius 3 is 3.00 bits per heavy atom. The second kappa shape index (κ2) is 6.10. The number of nitrogens with one attached hydrogen (secondary N) is 1. The van der Waals surface area contributed by atoms with Crippen molar-refractivity contribution in [2.45, 2.75) is 31.2 Å². The summed E-state index contributed by atoms with van der Waals surface area (Å²) in [4.78, 5) is 2.30. The molecule has 3 rings (SSSR count). The largest absolute Gasteiger partial charge is 0.385 e. The number of fused-ring (bicyclic) bond motifs is 1. The van der Waals surface area contributed by atoms with Crippen LogP contribution >= 0.6 is 0 Å². The van der Waals surface area contributed by atoms with Crippen molar-refractivity contribution in [3.63, 3.8) is 0 Å². The molecular weight excluding hydrogens is 255 g/mol. The van der Waals surface area contributed by atoms with Gasteiger partial charge in [-0.1, -0.05) is 6.07 Å². The summed E-state index contributed by atoms with van der Waals surface area (Å²) in [6.07, 6.45) is 3.53. The molecule has 1 aliphatic carbocycles. The molecule has 4 heteroatoms. The summed E-state index contributed by atoms with van der Waals surface area (Å²) >= 11 is 0. The summed E-state index contributed by atoms with van der Waals surface area (Å²) in [5.41, 5.74) is 1.97. The van der Waals surface area contributed by atoms with Crippen molar-refractivity contribution in [3.05, 3.63) is 29.6 Å². The van der Waals surface area contributed by atoms with E-state index in [-0.39, 0.29) is 11.7 Å². The van der Waals surface area contributed by atoms with E-state index in [9.17, 15) is 4.39 Å². The summed E-state index contributed by atoms with van der Waals surface area (Å²) in [6.45, 7) is 3.50. The number of benzene rings is 1. The molecule has 1 N–H and O–H groups in total. The third-order valence-electron chi connectivity index (χ3n) is 4.23. The molecule has 0 bridgehead atoms. The molecule has 1 aromatic rings. The first kappa shape index (κ1) is 13.8. The van der Waals surface area contributed by atoms with Gasteiger partial charge in [0.2, 0.25) is 0 Å². The van der Waals surface area contributed by atoms with E-state index < -0.39 is 0 Å². The molecule has 1 aromatic carbocycles. The zero-order valence-electron chi connectivity index (χ0n) is 12.1. The second-order valence-corrected chi connectivity index (χ2v) is 5.84. The standard InChI is InChI=1S/C16H23FN2O/c1-20-9-3-8-19-11-12(10-18-13-6-7-13)16-14(17)4-2-5-15(16)19/h2,4-5,12-13,18H,3,6-11H2,1H3. The monoisotopic (exact) mass is 278 g/mol. The normalized spacial score (nSPS) is 21.3. The van der Waals surface area contributed by atoms with Crippen LogP contribution in [0.25, 0.3) is 0 Å². The van der Waals surface area contributed by atoms with E-state index >= 15 is 0 Å². The van der Waals surface area contributed by atoms with Crippen molar-refractivity contribution < 1.29 is 9.13 Å². The Bertz CT molecular complexity index is 462. The van der Waals surface area contributed by atoms with Crippen molar-refractivity contribution >= 4 is 5.69 Å². The number of hydrogen-bond acceptors (Lipinski definition) is 3. The average molecular weight is 278 g/mol. The van der Waals surface area contributed by atoms with Crippen molar-refractivity contribution in [1.29, 1.82) is 0 Å². The van der Waals surface area contributed by atoms with Crippen LogP contribution in [0.5, 0.6) is 0 Å². The van der Waals surface area contributed by atoms with Crippen molar-refractivity contribution in [2.24, 2.45) is 0 Å². The number of ether oxygens (including phenoxy) is 1. The van der Waals surface area contributed by atoms with Gasteiger partial charge in [0, 0.05) is 56.6 Å². The molecule has 1 unspecified atom stereocenters. The fourth-order valence-corrected chi connectivity index (χ4v) is 3.04. The zero-order chi connectivity index (χ0) is 13.9. The van der Waals surface area contributed by atoms with Crippen LogP contribution in [0, 0.1) is 5.82 Å². The Labute approximate surface area is 120 Å². The maximum atomic E-state index is 14.2. The quantitative estimate of drug-likeness (QED) is 0.776. The van der Waals surface area contributed by atoms with Crippen molar-refractivity contribution in [2.75, 3.05) is 38.3 Å². The van der Waals surface area contributed by atoms with Gasteiger partial charge < -0.3 is 15.0 Å². The highest BCUT2D eigenvalue weighted by Gasteiger charge is 2.32. The molecular formula is C16H23FN2O. The van der Waals surface area contributed by atoms with Gasteiger partial charge in [0.25, 0.3) is 0 Å².